The zero-order chi connectivity index (χ0) is 17.0. The highest BCUT2D eigenvalue weighted by atomic mass is 16.5. The second-order valence-corrected chi connectivity index (χ2v) is 6.13. The summed E-state index contributed by atoms with van der Waals surface area (Å²) in [4.78, 5) is 8.79. The third-order valence-corrected chi connectivity index (χ3v) is 4.30. The number of ether oxygens (including phenoxy) is 2. The van der Waals surface area contributed by atoms with E-state index >= 15 is 0 Å². The Hall–Kier alpha value is -1.95. The maximum atomic E-state index is 6.10. The first kappa shape index (κ1) is 17.4. The van der Waals surface area contributed by atoms with Crippen LogP contribution in [0.4, 0.5) is 0 Å². The molecule has 0 aromatic heterocycles. The molecule has 6 heteroatoms. The number of nitrogens with two attached hydrogens (primary N) is 1. The third-order valence-electron chi connectivity index (χ3n) is 4.30. The Balaban J connectivity index is 2.16. The first-order valence-corrected chi connectivity index (χ1v) is 7.89. The van der Waals surface area contributed by atoms with E-state index < -0.39 is 0 Å². The van der Waals surface area contributed by atoms with Crippen molar-refractivity contribution in [2.45, 2.75) is 24.9 Å². The van der Waals surface area contributed by atoms with Gasteiger partial charge in [0.25, 0.3) is 0 Å². The van der Waals surface area contributed by atoms with Crippen molar-refractivity contribution in [3.8, 4) is 11.5 Å². The van der Waals surface area contributed by atoms with Gasteiger partial charge in [0.15, 0.2) is 17.5 Å². The van der Waals surface area contributed by atoms with Crippen LogP contribution in [-0.4, -0.2) is 63.7 Å². The fraction of sp³-hybridized carbons (Fsp3) is 0.588. The topological polar surface area (TPSA) is 63.3 Å². The minimum atomic E-state index is 0.126. The summed E-state index contributed by atoms with van der Waals surface area (Å²) in [6, 6.07) is 6.66. The van der Waals surface area contributed by atoms with Crippen LogP contribution in [-0.2, 0) is 0 Å². The lowest BCUT2D eigenvalue weighted by Gasteiger charge is -2.25. The van der Waals surface area contributed by atoms with Gasteiger partial charge in [0, 0.05) is 13.1 Å². The van der Waals surface area contributed by atoms with Gasteiger partial charge in [0.05, 0.1) is 26.8 Å². The number of rotatable bonds is 7. The van der Waals surface area contributed by atoms with Crippen molar-refractivity contribution in [1.82, 2.24) is 9.80 Å². The highest BCUT2D eigenvalue weighted by Gasteiger charge is 2.27. The van der Waals surface area contributed by atoms with Crippen molar-refractivity contribution in [1.29, 1.82) is 0 Å². The molecule has 0 heterocycles. The van der Waals surface area contributed by atoms with Gasteiger partial charge < -0.3 is 25.0 Å². The molecule has 6 nitrogen and oxygen atoms in total. The summed E-state index contributed by atoms with van der Waals surface area (Å²) < 4.78 is 10.7. The van der Waals surface area contributed by atoms with Crippen LogP contribution in [0.15, 0.2) is 23.2 Å². The number of likely N-dealkylation sites (N-methyl/N-ethyl adjacent to an activating group) is 1. The van der Waals surface area contributed by atoms with E-state index in [1.165, 1.54) is 12.8 Å². The lowest BCUT2D eigenvalue weighted by Crippen LogP contribution is -2.36. The maximum absolute atomic E-state index is 6.10. The van der Waals surface area contributed by atoms with Crippen LogP contribution >= 0.6 is 0 Å². The molecule has 1 fully saturated rings. The van der Waals surface area contributed by atoms with Gasteiger partial charge in [-0.2, -0.15) is 0 Å². The average molecular weight is 320 g/mol. The van der Waals surface area contributed by atoms with Crippen LogP contribution in [0.25, 0.3) is 0 Å². The molecular formula is C17H28N4O2. The number of hydrogen-bond donors (Lipinski definition) is 1. The molecule has 0 amide bonds. The van der Waals surface area contributed by atoms with Crippen molar-refractivity contribution in [3.05, 3.63) is 23.8 Å². The molecule has 128 valence electrons. The highest BCUT2D eigenvalue weighted by molar-refractivity contribution is 5.78. The molecule has 23 heavy (non-hydrogen) atoms. The van der Waals surface area contributed by atoms with E-state index in [-0.39, 0.29) is 6.04 Å². The quantitative estimate of drug-likeness (QED) is 0.612. The Morgan fingerprint density at radius 2 is 1.87 bits per heavy atom. The molecule has 2 N–H and O–H groups in total. The van der Waals surface area contributed by atoms with E-state index in [1.807, 2.05) is 39.3 Å². The fourth-order valence-corrected chi connectivity index (χ4v) is 2.57. The second-order valence-electron chi connectivity index (χ2n) is 6.13. The van der Waals surface area contributed by atoms with Crippen molar-refractivity contribution in [2.24, 2.45) is 10.7 Å². The van der Waals surface area contributed by atoms with Crippen molar-refractivity contribution >= 4 is 5.96 Å². The van der Waals surface area contributed by atoms with E-state index in [2.05, 4.69) is 14.8 Å². The summed E-state index contributed by atoms with van der Waals surface area (Å²) in [7, 11) is 9.37. The van der Waals surface area contributed by atoms with Gasteiger partial charge in [-0.3, -0.25) is 4.99 Å². The van der Waals surface area contributed by atoms with Gasteiger partial charge in [-0.05, 0) is 44.6 Å². The Bertz CT molecular complexity index is 556. The van der Waals surface area contributed by atoms with Crippen LogP contribution < -0.4 is 15.2 Å². The summed E-state index contributed by atoms with van der Waals surface area (Å²) in [5.41, 5.74) is 7.22. The summed E-state index contributed by atoms with van der Waals surface area (Å²) in [5.74, 6) is 2.06. The lowest BCUT2D eigenvalue weighted by molar-refractivity contribution is 0.302. The van der Waals surface area contributed by atoms with E-state index in [4.69, 9.17) is 15.2 Å². The van der Waals surface area contributed by atoms with Crippen molar-refractivity contribution in [3.63, 3.8) is 0 Å². The summed E-state index contributed by atoms with van der Waals surface area (Å²) in [6.07, 6.45) is 2.42. The number of guanidine groups is 1. The normalized spacial score (nSPS) is 16.3. The zero-order valence-electron chi connectivity index (χ0n) is 14.7. The molecule has 1 aliphatic rings. The van der Waals surface area contributed by atoms with E-state index in [0.29, 0.717) is 18.5 Å². The van der Waals surface area contributed by atoms with E-state index in [9.17, 15) is 0 Å². The molecule has 1 aromatic rings. The molecule has 1 aliphatic carbocycles. The third kappa shape index (κ3) is 4.28. The van der Waals surface area contributed by atoms with Crippen LogP contribution in [0, 0.1) is 0 Å². The number of benzene rings is 1. The Kier molecular flexibility index (Phi) is 5.71. The second kappa shape index (κ2) is 7.55. The Morgan fingerprint density at radius 3 is 2.39 bits per heavy atom. The van der Waals surface area contributed by atoms with Crippen molar-refractivity contribution < 1.29 is 9.47 Å². The SMILES string of the molecule is COc1ccc(C(CN=C(N)N(C)C2CC2)N(C)C)cc1OC. The van der Waals surface area contributed by atoms with Crippen LogP contribution in [0.5, 0.6) is 11.5 Å². The average Bonchev–Trinajstić information content (AvgIpc) is 3.38. The predicted octanol–water partition coefficient (Wildman–Crippen LogP) is 1.72. The minimum Gasteiger partial charge on any atom is -0.493 e. The monoisotopic (exact) mass is 320 g/mol. The molecular weight excluding hydrogens is 292 g/mol. The number of methoxy groups -OCH3 is 2. The number of hydrogen-bond acceptors (Lipinski definition) is 4. The zero-order valence-corrected chi connectivity index (χ0v) is 14.7. The molecule has 0 spiro atoms. The van der Waals surface area contributed by atoms with Gasteiger partial charge in [0.2, 0.25) is 0 Å². The van der Waals surface area contributed by atoms with Gasteiger partial charge in [-0.15, -0.1) is 0 Å². The fourth-order valence-electron chi connectivity index (χ4n) is 2.57. The van der Waals surface area contributed by atoms with Crippen LogP contribution in [0.2, 0.25) is 0 Å². The molecule has 0 saturated heterocycles. The van der Waals surface area contributed by atoms with Crippen LogP contribution in [0.3, 0.4) is 0 Å². The summed E-state index contributed by atoms with van der Waals surface area (Å²) >= 11 is 0. The van der Waals surface area contributed by atoms with Gasteiger partial charge in [-0.1, -0.05) is 6.07 Å². The largest absolute Gasteiger partial charge is 0.493 e. The maximum Gasteiger partial charge on any atom is 0.191 e. The van der Waals surface area contributed by atoms with Gasteiger partial charge >= 0.3 is 0 Å². The smallest absolute Gasteiger partial charge is 0.191 e. The molecule has 1 saturated carbocycles. The number of aliphatic imine (C=N–C) groups is 1. The van der Waals surface area contributed by atoms with Crippen LogP contribution in [0.1, 0.15) is 24.4 Å². The molecule has 2 rings (SSSR count). The van der Waals surface area contributed by atoms with Gasteiger partial charge in [-0.25, -0.2) is 0 Å². The summed E-state index contributed by atoms with van der Waals surface area (Å²) in [6.45, 7) is 0.603. The molecule has 0 radical (unpaired) electrons. The number of nitrogens with zero attached hydrogens (tertiary/aromatic N) is 3. The van der Waals surface area contributed by atoms with Crippen molar-refractivity contribution in [2.75, 3.05) is 41.9 Å². The lowest BCUT2D eigenvalue weighted by atomic mass is 10.1. The first-order chi connectivity index (χ1) is 11.0. The molecule has 0 aliphatic heterocycles. The summed E-state index contributed by atoms with van der Waals surface area (Å²) in [5, 5.41) is 0. The Labute approximate surface area is 138 Å². The standard InChI is InChI=1S/C17H28N4O2/c1-20(2)14(11-19-17(18)21(3)13-7-8-13)12-6-9-15(22-4)16(10-12)23-5/h6,9-10,13-14H,7-8,11H2,1-5H3,(H2,18,19). The molecule has 1 atom stereocenters. The molecule has 1 unspecified atom stereocenters. The molecule has 1 aromatic carbocycles. The first-order valence-electron chi connectivity index (χ1n) is 7.89. The van der Waals surface area contributed by atoms with Gasteiger partial charge in [0.1, 0.15) is 0 Å². The predicted molar refractivity (Wildman–Crippen MR) is 93.2 cm³/mol. The Morgan fingerprint density at radius 1 is 1.22 bits per heavy atom. The highest BCUT2D eigenvalue weighted by Crippen LogP contribution is 2.31. The molecule has 0 bridgehead atoms. The van der Waals surface area contributed by atoms with E-state index in [1.54, 1.807) is 14.2 Å². The van der Waals surface area contributed by atoms with E-state index in [0.717, 1.165) is 17.1 Å². The minimum absolute atomic E-state index is 0.126.